The minimum atomic E-state index is 0.178. The van der Waals surface area contributed by atoms with Gasteiger partial charge in [0.2, 0.25) is 0 Å². The van der Waals surface area contributed by atoms with Crippen molar-refractivity contribution in [2.45, 2.75) is 26.3 Å². The molecular weight excluding hydrogens is 394 g/mol. The maximum Gasteiger partial charge on any atom is 0.263 e. The molecule has 3 rings (SSSR count). The van der Waals surface area contributed by atoms with E-state index in [-0.39, 0.29) is 5.91 Å². The molecular formula is C24H35N3O2S. The Labute approximate surface area is 185 Å². The molecule has 30 heavy (non-hydrogen) atoms. The highest BCUT2D eigenvalue weighted by Gasteiger charge is 2.26. The molecule has 1 aromatic carbocycles. The van der Waals surface area contributed by atoms with E-state index in [1.807, 2.05) is 24.3 Å². The zero-order valence-corrected chi connectivity index (χ0v) is 19.6. The predicted octanol–water partition coefficient (Wildman–Crippen LogP) is 3.98. The molecule has 5 nitrogen and oxygen atoms in total. The van der Waals surface area contributed by atoms with E-state index < -0.39 is 0 Å². The summed E-state index contributed by atoms with van der Waals surface area (Å²) >= 11 is 1.60. The van der Waals surface area contributed by atoms with Crippen LogP contribution < -0.4 is 4.74 Å². The maximum absolute atomic E-state index is 13.2. The van der Waals surface area contributed by atoms with E-state index in [1.54, 1.807) is 18.4 Å². The highest BCUT2D eigenvalue weighted by atomic mass is 32.1. The van der Waals surface area contributed by atoms with Crippen molar-refractivity contribution in [3.05, 3.63) is 51.7 Å². The Morgan fingerprint density at radius 3 is 2.70 bits per heavy atom. The summed E-state index contributed by atoms with van der Waals surface area (Å²) in [6.45, 7) is 7.56. The van der Waals surface area contributed by atoms with Gasteiger partial charge in [0.25, 0.3) is 5.91 Å². The number of likely N-dealkylation sites (tertiary alicyclic amines) is 1. The van der Waals surface area contributed by atoms with Gasteiger partial charge >= 0.3 is 0 Å². The number of ether oxygens (including phenoxy) is 1. The average molecular weight is 430 g/mol. The lowest BCUT2D eigenvalue weighted by Crippen LogP contribution is -2.44. The fraction of sp³-hybridized carbons (Fsp3) is 0.542. The molecule has 6 heteroatoms. The van der Waals surface area contributed by atoms with Crippen LogP contribution in [0.1, 0.15) is 33.0 Å². The van der Waals surface area contributed by atoms with Gasteiger partial charge in [-0.05, 0) is 64.5 Å². The number of carbonyl (C=O) groups excluding carboxylic acids is 1. The van der Waals surface area contributed by atoms with Crippen LogP contribution in [0.5, 0.6) is 5.75 Å². The summed E-state index contributed by atoms with van der Waals surface area (Å²) in [5.41, 5.74) is 1.23. The number of hydrogen-bond acceptors (Lipinski definition) is 5. The lowest BCUT2D eigenvalue weighted by Gasteiger charge is -2.36. The number of amides is 1. The highest BCUT2D eigenvalue weighted by molar-refractivity contribution is 7.13. The molecule has 1 fully saturated rings. The fourth-order valence-electron chi connectivity index (χ4n) is 4.13. The molecule has 1 aliphatic rings. The van der Waals surface area contributed by atoms with Crippen LogP contribution >= 0.6 is 11.3 Å². The lowest BCUT2D eigenvalue weighted by molar-refractivity contribution is 0.0665. The van der Waals surface area contributed by atoms with E-state index in [2.05, 4.69) is 47.9 Å². The third-order valence-electron chi connectivity index (χ3n) is 5.72. The molecule has 0 unspecified atom stereocenters. The second-order valence-electron chi connectivity index (χ2n) is 8.52. The van der Waals surface area contributed by atoms with Crippen molar-refractivity contribution < 1.29 is 9.53 Å². The number of nitrogens with zero attached hydrogens (tertiary/aromatic N) is 3. The quantitative estimate of drug-likeness (QED) is 0.604. The summed E-state index contributed by atoms with van der Waals surface area (Å²) in [4.78, 5) is 22.0. The molecule has 1 aliphatic heterocycles. The van der Waals surface area contributed by atoms with Crippen LogP contribution in [-0.2, 0) is 6.54 Å². The van der Waals surface area contributed by atoms with Crippen molar-refractivity contribution in [2.75, 3.05) is 53.9 Å². The Hall–Kier alpha value is -1.89. The summed E-state index contributed by atoms with van der Waals surface area (Å²) in [6, 6.07) is 12.3. The largest absolute Gasteiger partial charge is 0.496 e. The standard InChI is InChI=1S/C24H35N3O2S/c1-19-11-12-23(30-19)24(28)27(15-14-25(2)3)17-20-8-7-13-26(16-20)18-21-9-5-6-10-22(21)29-4/h5-6,9-12,20H,7-8,13-18H2,1-4H3/t20-/m0/s1. The topological polar surface area (TPSA) is 36.0 Å². The van der Waals surface area contributed by atoms with Gasteiger partial charge in [-0.25, -0.2) is 0 Å². The first kappa shape index (κ1) is 22.8. The first-order valence-corrected chi connectivity index (χ1v) is 11.6. The molecule has 0 radical (unpaired) electrons. The van der Waals surface area contributed by atoms with Gasteiger partial charge in [-0.1, -0.05) is 18.2 Å². The van der Waals surface area contributed by atoms with Crippen LogP contribution in [0.3, 0.4) is 0 Å². The minimum Gasteiger partial charge on any atom is -0.496 e. The molecule has 0 N–H and O–H groups in total. The van der Waals surface area contributed by atoms with Gasteiger partial charge in [0.1, 0.15) is 5.75 Å². The molecule has 1 amide bonds. The molecule has 164 valence electrons. The Morgan fingerprint density at radius 1 is 1.20 bits per heavy atom. The van der Waals surface area contributed by atoms with Gasteiger partial charge in [0.15, 0.2) is 0 Å². The van der Waals surface area contributed by atoms with Gasteiger partial charge in [-0.2, -0.15) is 0 Å². The normalized spacial score (nSPS) is 17.3. The Kier molecular flexibility index (Phi) is 8.31. The van der Waals surface area contributed by atoms with Crippen LogP contribution in [0.15, 0.2) is 36.4 Å². The number of likely N-dealkylation sites (N-methyl/N-ethyl adjacent to an activating group) is 1. The summed E-state index contributed by atoms with van der Waals surface area (Å²) in [5.74, 6) is 1.63. The number of rotatable bonds is 9. The summed E-state index contributed by atoms with van der Waals surface area (Å²) < 4.78 is 5.53. The molecule has 0 saturated carbocycles. The monoisotopic (exact) mass is 429 g/mol. The van der Waals surface area contributed by atoms with Gasteiger partial charge in [-0.3, -0.25) is 9.69 Å². The maximum atomic E-state index is 13.2. The number of methoxy groups -OCH3 is 1. The minimum absolute atomic E-state index is 0.178. The number of para-hydroxylation sites is 1. The van der Waals surface area contributed by atoms with E-state index in [4.69, 9.17) is 4.74 Å². The van der Waals surface area contributed by atoms with Crippen LogP contribution in [0.25, 0.3) is 0 Å². The summed E-state index contributed by atoms with van der Waals surface area (Å²) in [5, 5.41) is 0. The number of hydrogen-bond donors (Lipinski definition) is 0. The van der Waals surface area contributed by atoms with E-state index in [1.165, 1.54) is 23.3 Å². The van der Waals surface area contributed by atoms with Gasteiger partial charge in [0, 0.05) is 43.2 Å². The van der Waals surface area contributed by atoms with Crippen LogP contribution in [0.2, 0.25) is 0 Å². The van der Waals surface area contributed by atoms with Crippen LogP contribution in [-0.4, -0.2) is 74.5 Å². The zero-order valence-electron chi connectivity index (χ0n) is 18.8. The first-order chi connectivity index (χ1) is 14.5. The van der Waals surface area contributed by atoms with E-state index >= 15 is 0 Å². The Balaban J connectivity index is 1.65. The molecule has 2 aromatic rings. The molecule has 0 aliphatic carbocycles. The van der Waals surface area contributed by atoms with Crippen molar-refractivity contribution in [3.63, 3.8) is 0 Å². The number of carbonyl (C=O) groups is 1. The lowest BCUT2D eigenvalue weighted by atomic mass is 9.96. The molecule has 1 aromatic heterocycles. The van der Waals surface area contributed by atoms with Crippen molar-refractivity contribution in [3.8, 4) is 5.75 Å². The summed E-state index contributed by atoms with van der Waals surface area (Å²) in [7, 11) is 5.86. The number of piperidine rings is 1. The molecule has 2 heterocycles. The highest BCUT2D eigenvalue weighted by Crippen LogP contribution is 2.25. The van der Waals surface area contributed by atoms with Gasteiger partial charge in [-0.15, -0.1) is 11.3 Å². The van der Waals surface area contributed by atoms with E-state index in [9.17, 15) is 4.79 Å². The van der Waals surface area contributed by atoms with Gasteiger partial charge < -0.3 is 14.5 Å². The third kappa shape index (κ3) is 6.30. The number of benzene rings is 1. The first-order valence-electron chi connectivity index (χ1n) is 10.8. The van der Waals surface area contributed by atoms with E-state index in [0.717, 1.165) is 49.9 Å². The van der Waals surface area contributed by atoms with E-state index in [0.29, 0.717) is 5.92 Å². The second kappa shape index (κ2) is 10.9. The van der Waals surface area contributed by atoms with Gasteiger partial charge in [0.05, 0.1) is 12.0 Å². The van der Waals surface area contributed by atoms with Crippen LogP contribution in [0.4, 0.5) is 0 Å². The summed E-state index contributed by atoms with van der Waals surface area (Å²) in [6.07, 6.45) is 2.35. The zero-order chi connectivity index (χ0) is 21.5. The van der Waals surface area contributed by atoms with Crippen molar-refractivity contribution in [1.82, 2.24) is 14.7 Å². The average Bonchev–Trinajstić information content (AvgIpc) is 3.17. The second-order valence-corrected chi connectivity index (χ2v) is 9.81. The molecule has 0 bridgehead atoms. The fourth-order valence-corrected chi connectivity index (χ4v) is 4.97. The third-order valence-corrected chi connectivity index (χ3v) is 6.71. The SMILES string of the molecule is COc1ccccc1CN1CCC[C@H](CN(CCN(C)C)C(=O)c2ccc(C)s2)C1. The molecule has 1 saturated heterocycles. The van der Waals surface area contributed by atoms with Crippen LogP contribution in [0, 0.1) is 12.8 Å². The van der Waals surface area contributed by atoms with Crippen molar-refractivity contribution >= 4 is 17.2 Å². The predicted molar refractivity (Wildman–Crippen MR) is 125 cm³/mol. The smallest absolute Gasteiger partial charge is 0.263 e. The number of thiophene rings is 1. The molecule has 1 atom stereocenters. The Morgan fingerprint density at radius 2 is 2.00 bits per heavy atom. The van der Waals surface area contributed by atoms with Crippen molar-refractivity contribution in [1.29, 1.82) is 0 Å². The van der Waals surface area contributed by atoms with Crippen molar-refractivity contribution in [2.24, 2.45) is 5.92 Å². The molecule has 0 spiro atoms. The number of aryl methyl sites for hydroxylation is 1. The Bertz CT molecular complexity index is 820.